The first-order valence-electron chi connectivity index (χ1n) is 10.8. The molecule has 2 heterocycles. The van der Waals surface area contributed by atoms with Crippen molar-refractivity contribution in [2.75, 3.05) is 33.4 Å². The van der Waals surface area contributed by atoms with Crippen molar-refractivity contribution in [1.82, 2.24) is 9.62 Å². The fraction of sp³-hybridized carbons (Fsp3) is 0.435. The van der Waals surface area contributed by atoms with Gasteiger partial charge in [-0.15, -0.1) is 0 Å². The quantitative estimate of drug-likeness (QED) is 0.686. The van der Waals surface area contributed by atoms with E-state index in [0.29, 0.717) is 43.1 Å². The Bertz CT molecular complexity index is 1130. The molecule has 1 fully saturated rings. The van der Waals surface area contributed by atoms with Crippen molar-refractivity contribution < 1.29 is 31.8 Å². The van der Waals surface area contributed by atoms with Crippen LogP contribution < -0.4 is 19.5 Å². The van der Waals surface area contributed by atoms with Gasteiger partial charge in [-0.1, -0.05) is 6.07 Å². The number of fused-ring (bicyclic) bond motifs is 1. The number of methoxy groups -OCH3 is 1. The zero-order valence-corrected chi connectivity index (χ0v) is 19.4. The number of sulfonamides is 1. The molecule has 178 valence electrons. The van der Waals surface area contributed by atoms with E-state index in [4.69, 9.17) is 14.2 Å². The van der Waals surface area contributed by atoms with Gasteiger partial charge < -0.3 is 19.5 Å². The number of amides is 1. The molecule has 0 saturated carbocycles. The van der Waals surface area contributed by atoms with E-state index in [9.17, 15) is 17.6 Å². The molecule has 1 N–H and O–H groups in total. The molecule has 1 amide bonds. The molecule has 1 atom stereocenters. The first-order valence-corrected chi connectivity index (χ1v) is 12.3. The summed E-state index contributed by atoms with van der Waals surface area (Å²) in [6.45, 7) is 3.06. The zero-order chi connectivity index (χ0) is 23.6. The van der Waals surface area contributed by atoms with Crippen LogP contribution in [-0.2, 0) is 14.8 Å². The van der Waals surface area contributed by atoms with Gasteiger partial charge in [-0.25, -0.2) is 12.8 Å². The third-order valence-corrected chi connectivity index (χ3v) is 7.91. The molecule has 0 bridgehead atoms. The van der Waals surface area contributed by atoms with Crippen LogP contribution in [0.2, 0.25) is 0 Å². The van der Waals surface area contributed by atoms with Crippen LogP contribution in [0.4, 0.5) is 4.39 Å². The maximum absolute atomic E-state index is 14.0. The van der Waals surface area contributed by atoms with Crippen LogP contribution in [-0.4, -0.2) is 52.0 Å². The van der Waals surface area contributed by atoms with Gasteiger partial charge in [0, 0.05) is 25.1 Å². The number of hydrogen-bond donors (Lipinski definition) is 1. The van der Waals surface area contributed by atoms with E-state index in [-0.39, 0.29) is 35.6 Å². The molecule has 0 unspecified atom stereocenters. The Labute approximate surface area is 192 Å². The molecule has 2 aromatic rings. The van der Waals surface area contributed by atoms with E-state index in [2.05, 4.69) is 5.32 Å². The number of hydrogen-bond acceptors (Lipinski definition) is 6. The second-order valence-electron chi connectivity index (χ2n) is 8.11. The molecular weight excluding hydrogens is 451 g/mol. The van der Waals surface area contributed by atoms with E-state index >= 15 is 0 Å². The molecule has 10 heteroatoms. The average molecular weight is 479 g/mol. The molecule has 8 nitrogen and oxygen atoms in total. The second kappa shape index (κ2) is 9.56. The summed E-state index contributed by atoms with van der Waals surface area (Å²) >= 11 is 0. The molecule has 1 saturated heterocycles. The second-order valence-corrected chi connectivity index (χ2v) is 10.0. The Hall–Kier alpha value is -2.85. The zero-order valence-electron chi connectivity index (χ0n) is 18.5. The van der Waals surface area contributed by atoms with Crippen molar-refractivity contribution >= 4 is 15.9 Å². The Balaban J connectivity index is 1.36. The number of piperidine rings is 1. The summed E-state index contributed by atoms with van der Waals surface area (Å²) in [5, 5.41) is 2.91. The summed E-state index contributed by atoms with van der Waals surface area (Å²) < 4.78 is 57.4. The van der Waals surface area contributed by atoms with Crippen LogP contribution in [0.3, 0.4) is 0 Å². The molecule has 0 aromatic heterocycles. The first-order chi connectivity index (χ1) is 15.8. The van der Waals surface area contributed by atoms with Crippen molar-refractivity contribution in [1.29, 1.82) is 0 Å². The normalized spacial score (nSPS) is 17.9. The van der Waals surface area contributed by atoms with Crippen molar-refractivity contribution in [3.63, 3.8) is 0 Å². The van der Waals surface area contributed by atoms with Gasteiger partial charge in [0.05, 0.1) is 18.0 Å². The third-order valence-electron chi connectivity index (χ3n) is 6.01. The van der Waals surface area contributed by atoms with Crippen molar-refractivity contribution in [3.8, 4) is 17.2 Å². The minimum absolute atomic E-state index is 0.142. The van der Waals surface area contributed by atoms with Crippen LogP contribution in [0.15, 0.2) is 41.3 Å². The SMILES string of the molecule is COc1ccc([C@@H](C)NC(=O)C2CCN(S(=O)(=O)c3ccc4c(c3)OCCO4)CC2)cc1F. The lowest BCUT2D eigenvalue weighted by atomic mass is 9.96. The van der Waals surface area contributed by atoms with Crippen LogP contribution in [0.5, 0.6) is 17.2 Å². The number of nitrogens with one attached hydrogen (secondary N) is 1. The summed E-state index contributed by atoms with van der Waals surface area (Å²) in [6, 6.07) is 8.77. The highest BCUT2D eigenvalue weighted by Gasteiger charge is 2.33. The predicted molar refractivity (Wildman–Crippen MR) is 118 cm³/mol. The fourth-order valence-electron chi connectivity index (χ4n) is 4.06. The summed E-state index contributed by atoms with van der Waals surface area (Å²) in [5.41, 5.74) is 0.625. The summed E-state index contributed by atoms with van der Waals surface area (Å²) in [5.74, 6) is 0.108. The average Bonchev–Trinajstić information content (AvgIpc) is 2.83. The maximum atomic E-state index is 14.0. The molecule has 33 heavy (non-hydrogen) atoms. The molecule has 0 radical (unpaired) electrons. The highest BCUT2D eigenvalue weighted by Crippen LogP contribution is 2.34. The van der Waals surface area contributed by atoms with E-state index in [1.807, 2.05) is 0 Å². The van der Waals surface area contributed by atoms with Crippen LogP contribution in [0.25, 0.3) is 0 Å². The van der Waals surface area contributed by atoms with Crippen LogP contribution >= 0.6 is 0 Å². The number of nitrogens with zero attached hydrogens (tertiary/aromatic N) is 1. The summed E-state index contributed by atoms with van der Waals surface area (Å²) in [4.78, 5) is 12.9. The van der Waals surface area contributed by atoms with Crippen molar-refractivity contribution in [3.05, 3.63) is 47.8 Å². The minimum Gasteiger partial charge on any atom is -0.494 e. The first kappa shape index (κ1) is 23.3. The molecule has 0 spiro atoms. The molecule has 2 aliphatic rings. The monoisotopic (exact) mass is 478 g/mol. The van der Waals surface area contributed by atoms with Gasteiger partial charge in [-0.2, -0.15) is 4.31 Å². The van der Waals surface area contributed by atoms with Crippen LogP contribution in [0.1, 0.15) is 31.4 Å². The highest BCUT2D eigenvalue weighted by atomic mass is 32.2. The molecular formula is C23H27FN2O6S. The number of ether oxygens (including phenoxy) is 3. The number of carbonyl (C=O) groups excluding carboxylic acids is 1. The lowest BCUT2D eigenvalue weighted by Crippen LogP contribution is -2.43. The largest absolute Gasteiger partial charge is 0.494 e. The topological polar surface area (TPSA) is 94.2 Å². The van der Waals surface area contributed by atoms with Gasteiger partial charge in [0.2, 0.25) is 15.9 Å². The Morgan fingerprint density at radius 3 is 2.48 bits per heavy atom. The van der Waals surface area contributed by atoms with Gasteiger partial charge in [0.25, 0.3) is 0 Å². The maximum Gasteiger partial charge on any atom is 0.243 e. The number of halogens is 1. The van der Waals surface area contributed by atoms with Gasteiger partial charge in [-0.3, -0.25) is 4.79 Å². The van der Waals surface area contributed by atoms with Gasteiger partial charge >= 0.3 is 0 Å². The van der Waals surface area contributed by atoms with Crippen molar-refractivity contribution in [2.45, 2.75) is 30.7 Å². The fourth-order valence-corrected chi connectivity index (χ4v) is 5.54. The van der Waals surface area contributed by atoms with Gasteiger partial charge in [-0.05, 0) is 49.6 Å². The standard InChI is InChI=1S/C23H27FN2O6S/c1-15(17-3-5-20(30-2)19(24)13-17)25-23(27)16-7-9-26(10-8-16)33(28,29)18-4-6-21-22(14-18)32-12-11-31-21/h3-6,13-16H,7-12H2,1-2H3,(H,25,27)/t15-/m1/s1. The minimum atomic E-state index is -3.71. The molecule has 2 aliphatic heterocycles. The van der Waals surface area contributed by atoms with E-state index in [0.717, 1.165) is 0 Å². The molecule has 0 aliphatic carbocycles. The Morgan fingerprint density at radius 1 is 1.12 bits per heavy atom. The summed E-state index contributed by atoms with van der Waals surface area (Å²) in [7, 11) is -2.32. The smallest absolute Gasteiger partial charge is 0.243 e. The number of carbonyl (C=O) groups is 1. The third kappa shape index (κ3) is 4.91. The van der Waals surface area contributed by atoms with Gasteiger partial charge in [0.15, 0.2) is 23.1 Å². The summed E-state index contributed by atoms with van der Waals surface area (Å²) in [6.07, 6.45) is 0.804. The van der Waals surface area contributed by atoms with E-state index < -0.39 is 21.9 Å². The highest BCUT2D eigenvalue weighted by molar-refractivity contribution is 7.89. The van der Waals surface area contributed by atoms with Crippen molar-refractivity contribution in [2.24, 2.45) is 5.92 Å². The Morgan fingerprint density at radius 2 is 1.82 bits per heavy atom. The van der Waals surface area contributed by atoms with Crippen LogP contribution in [0, 0.1) is 11.7 Å². The molecule has 2 aromatic carbocycles. The number of benzene rings is 2. The Kier molecular flexibility index (Phi) is 6.76. The van der Waals surface area contributed by atoms with Gasteiger partial charge in [0.1, 0.15) is 13.2 Å². The lowest BCUT2D eigenvalue weighted by molar-refractivity contribution is -0.126. The van der Waals surface area contributed by atoms with E-state index in [1.165, 1.54) is 35.7 Å². The predicted octanol–water partition coefficient (Wildman–Crippen LogP) is 2.88. The molecule has 4 rings (SSSR count). The lowest BCUT2D eigenvalue weighted by Gasteiger charge is -2.31. The van der Waals surface area contributed by atoms with E-state index in [1.54, 1.807) is 19.1 Å². The number of rotatable bonds is 6.